The van der Waals surface area contributed by atoms with E-state index in [1.165, 1.54) is 18.2 Å². The number of rotatable bonds is 4. The van der Waals surface area contributed by atoms with Crippen LogP contribution in [0.5, 0.6) is 0 Å². The summed E-state index contributed by atoms with van der Waals surface area (Å²) in [5.41, 5.74) is -0.00574. The standard InChI is InChI=1S/C14H18F2N2O2/c15-12-4-1-5-13(16)11(12)6-7-17-14(19)18-10-3-2-8-20-9-10/h1,4-5,10H,2-3,6-9H2,(H2,17,18,19). The van der Waals surface area contributed by atoms with Crippen molar-refractivity contribution in [2.75, 3.05) is 19.8 Å². The van der Waals surface area contributed by atoms with Crippen molar-refractivity contribution in [2.45, 2.75) is 25.3 Å². The van der Waals surface area contributed by atoms with Crippen LogP contribution in [0.15, 0.2) is 18.2 Å². The quantitative estimate of drug-likeness (QED) is 0.888. The van der Waals surface area contributed by atoms with Crippen LogP contribution in [0.1, 0.15) is 18.4 Å². The van der Waals surface area contributed by atoms with Crippen LogP contribution < -0.4 is 10.6 Å². The zero-order chi connectivity index (χ0) is 14.4. The predicted molar refractivity (Wildman–Crippen MR) is 70.4 cm³/mol. The highest BCUT2D eigenvalue weighted by atomic mass is 19.1. The molecule has 20 heavy (non-hydrogen) atoms. The third-order valence-corrected chi connectivity index (χ3v) is 3.22. The average molecular weight is 284 g/mol. The Morgan fingerprint density at radius 3 is 2.75 bits per heavy atom. The summed E-state index contributed by atoms with van der Waals surface area (Å²) >= 11 is 0. The van der Waals surface area contributed by atoms with E-state index in [9.17, 15) is 13.6 Å². The van der Waals surface area contributed by atoms with E-state index in [2.05, 4.69) is 10.6 Å². The van der Waals surface area contributed by atoms with Crippen molar-refractivity contribution in [3.8, 4) is 0 Å². The Bertz CT molecular complexity index is 442. The number of ether oxygens (including phenoxy) is 1. The number of benzene rings is 1. The number of carbonyl (C=O) groups is 1. The third kappa shape index (κ3) is 4.16. The maximum Gasteiger partial charge on any atom is 0.315 e. The molecule has 0 radical (unpaired) electrons. The van der Waals surface area contributed by atoms with Gasteiger partial charge >= 0.3 is 6.03 Å². The van der Waals surface area contributed by atoms with Gasteiger partial charge in [0.1, 0.15) is 11.6 Å². The Balaban J connectivity index is 1.73. The minimum atomic E-state index is -0.590. The fourth-order valence-electron chi connectivity index (χ4n) is 2.16. The first-order valence-corrected chi connectivity index (χ1v) is 6.72. The highest BCUT2D eigenvalue weighted by Crippen LogP contribution is 2.12. The number of urea groups is 1. The fourth-order valence-corrected chi connectivity index (χ4v) is 2.16. The monoisotopic (exact) mass is 284 g/mol. The SMILES string of the molecule is O=C(NCCc1c(F)cccc1F)NC1CCCOC1. The second kappa shape index (κ2) is 7.19. The smallest absolute Gasteiger partial charge is 0.315 e. The van der Waals surface area contributed by atoms with Crippen molar-refractivity contribution in [2.24, 2.45) is 0 Å². The van der Waals surface area contributed by atoms with Gasteiger partial charge in [-0.05, 0) is 31.4 Å². The Kier molecular flexibility index (Phi) is 5.29. The number of hydrogen-bond acceptors (Lipinski definition) is 2. The first-order valence-electron chi connectivity index (χ1n) is 6.72. The molecule has 1 aliphatic heterocycles. The lowest BCUT2D eigenvalue weighted by molar-refractivity contribution is 0.0732. The van der Waals surface area contributed by atoms with E-state index in [0.717, 1.165) is 19.4 Å². The Hall–Kier alpha value is -1.69. The summed E-state index contributed by atoms with van der Waals surface area (Å²) in [6, 6.07) is 3.40. The maximum absolute atomic E-state index is 13.4. The van der Waals surface area contributed by atoms with Crippen LogP contribution in [0.2, 0.25) is 0 Å². The molecule has 1 heterocycles. The Labute approximate surface area is 116 Å². The van der Waals surface area contributed by atoms with Crippen molar-refractivity contribution >= 4 is 6.03 Å². The van der Waals surface area contributed by atoms with Crippen LogP contribution in [0.25, 0.3) is 0 Å². The molecule has 6 heteroatoms. The Morgan fingerprint density at radius 2 is 2.10 bits per heavy atom. The van der Waals surface area contributed by atoms with E-state index >= 15 is 0 Å². The molecule has 110 valence electrons. The van der Waals surface area contributed by atoms with Gasteiger partial charge in [0.15, 0.2) is 0 Å². The average Bonchev–Trinajstić information content (AvgIpc) is 2.43. The number of nitrogens with one attached hydrogen (secondary N) is 2. The predicted octanol–water partition coefficient (Wildman–Crippen LogP) is 1.99. The number of carbonyl (C=O) groups excluding carboxylic acids is 1. The second-order valence-electron chi connectivity index (χ2n) is 4.76. The number of halogens is 2. The van der Waals surface area contributed by atoms with Gasteiger partial charge in [-0.1, -0.05) is 6.07 Å². The summed E-state index contributed by atoms with van der Waals surface area (Å²) in [6.45, 7) is 1.42. The van der Waals surface area contributed by atoms with Crippen LogP contribution in [0.3, 0.4) is 0 Å². The van der Waals surface area contributed by atoms with Gasteiger partial charge in [0.2, 0.25) is 0 Å². The van der Waals surface area contributed by atoms with Gasteiger partial charge in [0, 0.05) is 18.7 Å². The molecule has 0 aromatic heterocycles. The lowest BCUT2D eigenvalue weighted by atomic mass is 10.1. The normalized spacial score (nSPS) is 18.6. The van der Waals surface area contributed by atoms with Crippen molar-refractivity contribution in [1.82, 2.24) is 10.6 Å². The van der Waals surface area contributed by atoms with Gasteiger partial charge in [-0.25, -0.2) is 13.6 Å². The molecule has 1 unspecified atom stereocenters. The largest absolute Gasteiger partial charge is 0.379 e. The van der Waals surface area contributed by atoms with Gasteiger partial charge in [-0.3, -0.25) is 0 Å². The van der Waals surface area contributed by atoms with Gasteiger partial charge < -0.3 is 15.4 Å². The minimum absolute atomic E-state index is 0.00574. The van der Waals surface area contributed by atoms with Crippen LogP contribution in [0, 0.1) is 11.6 Å². The van der Waals surface area contributed by atoms with Gasteiger partial charge in [-0.2, -0.15) is 0 Å². The van der Waals surface area contributed by atoms with E-state index < -0.39 is 11.6 Å². The summed E-state index contributed by atoms with van der Waals surface area (Å²) in [6.07, 6.45) is 1.92. The Morgan fingerprint density at radius 1 is 1.35 bits per heavy atom. The molecule has 1 fully saturated rings. The molecule has 1 saturated heterocycles. The topological polar surface area (TPSA) is 50.4 Å². The van der Waals surface area contributed by atoms with E-state index in [0.29, 0.717) is 6.61 Å². The van der Waals surface area contributed by atoms with E-state index in [1.807, 2.05) is 0 Å². The van der Waals surface area contributed by atoms with Crippen molar-refractivity contribution in [3.05, 3.63) is 35.4 Å². The summed E-state index contributed by atoms with van der Waals surface area (Å²) in [4.78, 5) is 11.6. The maximum atomic E-state index is 13.4. The molecule has 4 nitrogen and oxygen atoms in total. The molecule has 2 N–H and O–H groups in total. The molecule has 0 aliphatic carbocycles. The van der Waals surface area contributed by atoms with Crippen LogP contribution in [-0.2, 0) is 11.2 Å². The molecule has 0 bridgehead atoms. The van der Waals surface area contributed by atoms with Crippen LogP contribution in [-0.4, -0.2) is 31.8 Å². The van der Waals surface area contributed by atoms with Crippen LogP contribution in [0.4, 0.5) is 13.6 Å². The highest BCUT2D eigenvalue weighted by molar-refractivity contribution is 5.74. The summed E-state index contributed by atoms with van der Waals surface area (Å²) in [7, 11) is 0. The van der Waals surface area contributed by atoms with Crippen molar-refractivity contribution in [1.29, 1.82) is 0 Å². The second-order valence-corrected chi connectivity index (χ2v) is 4.76. The van der Waals surface area contributed by atoms with Gasteiger partial charge in [-0.15, -0.1) is 0 Å². The molecule has 0 saturated carbocycles. The zero-order valence-corrected chi connectivity index (χ0v) is 11.1. The first kappa shape index (κ1) is 14.7. The highest BCUT2D eigenvalue weighted by Gasteiger charge is 2.16. The van der Waals surface area contributed by atoms with Gasteiger partial charge in [0.25, 0.3) is 0 Å². The number of amides is 2. The van der Waals surface area contributed by atoms with E-state index in [-0.39, 0.29) is 30.6 Å². The molecule has 1 aromatic carbocycles. The summed E-state index contributed by atoms with van der Waals surface area (Å²) in [5.74, 6) is -1.18. The van der Waals surface area contributed by atoms with Crippen molar-refractivity contribution in [3.63, 3.8) is 0 Å². The summed E-state index contributed by atoms with van der Waals surface area (Å²) < 4.78 is 32.0. The molecule has 2 amide bonds. The number of hydrogen-bond donors (Lipinski definition) is 2. The fraction of sp³-hybridized carbons (Fsp3) is 0.500. The molecule has 0 spiro atoms. The molecular weight excluding hydrogens is 266 g/mol. The van der Waals surface area contributed by atoms with E-state index in [4.69, 9.17) is 4.74 Å². The molecular formula is C14H18F2N2O2. The molecule has 1 atom stereocenters. The molecule has 1 aromatic rings. The summed E-state index contributed by atoms with van der Waals surface area (Å²) in [5, 5.41) is 5.37. The lowest BCUT2D eigenvalue weighted by Crippen LogP contribution is -2.46. The lowest BCUT2D eigenvalue weighted by Gasteiger charge is -2.23. The molecule has 2 rings (SSSR count). The van der Waals surface area contributed by atoms with E-state index in [1.54, 1.807) is 0 Å². The molecule has 1 aliphatic rings. The van der Waals surface area contributed by atoms with Crippen molar-refractivity contribution < 1.29 is 18.3 Å². The third-order valence-electron chi connectivity index (χ3n) is 3.22. The minimum Gasteiger partial charge on any atom is -0.379 e. The van der Waals surface area contributed by atoms with Gasteiger partial charge in [0.05, 0.1) is 12.6 Å². The zero-order valence-electron chi connectivity index (χ0n) is 11.1. The van der Waals surface area contributed by atoms with Crippen LogP contribution >= 0.6 is 0 Å². The first-order chi connectivity index (χ1) is 9.66.